The Morgan fingerprint density at radius 3 is 2.95 bits per heavy atom. The molecule has 0 aromatic heterocycles. The maximum Gasteiger partial charge on any atom is 0.127 e. The average Bonchev–Trinajstić information content (AvgIpc) is 2.95. The van der Waals surface area contributed by atoms with Gasteiger partial charge in [0.05, 0.1) is 14.2 Å². The molecule has 110 valence electrons. The lowest BCUT2D eigenvalue weighted by atomic mass is 9.93. The lowest BCUT2D eigenvalue weighted by Gasteiger charge is -2.35. The van der Waals surface area contributed by atoms with Crippen molar-refractivity contribution < 1.29 is 9.47 Å². The van der Waals surface area contributed by atoms with Crippen molar-refractivity contribution in [3.8, 4) is 11.5 Å². The van der Waals surface area contributed by atoms with Gasteiger partial charge < -0.3 is 14.8 Å². The van der Waals surface area contributed by atoms with Crippen LogP contribution in [0.2, 0.25) is 0 Å². The molecular weight excluding hydrogens is 252 g/mol. The summed E-state index contributed by atoms with van der Waals surface area (Å²) in [4.78, 5) is 2.55. The molecule has 4 nitrogen and oxygen atoms in total. The number of piperidine rings is 1. The van der Waals surface area contributed by atoms with Gasteiger partial charge in [-0.1, -0.05) is 6.07 Å². The van der Waals surface area contributed by atoms with Gasteiger partial charge in [-0.2, -0.15) is 0 Å². The summed E-state index contributed by atoms with van der Waals surface area (Å²) in [6.07, 6.45) is 2.59. The molecule has 1 aromatic rings. The summed E-state index contributed by atoms with van der Waals surface area (Å²) in [5, 5.41) is 3.61. The van der Waals surface area contributed by atoms with E-state index in [0.29, 0.717) is 0 Å². The first-order valence-electron chi connectivity index (χ1n) is 7.47. The molecule has 2 unspecified atom stereocenters. The lowest BCUT2D eigenvalue weighted by Crippen LogP contribution is -2.43. The number of rotatable bonds is 4. The highest BCUT2D eigenvalue weighted by Gasteiger charge is 2.32. The third kappa shape index (κ3) is 2.76. The van der Waals surface area contributed by atoms with Crippen LogP contribution >= 0.6 is 0 Å². The first-order valence-corrected chi connectivity index (χ1v) is 7.47. The van der Waals surface area contributed by atoms with Crippen molar-refractivity contribution in [2.24, 2.45) is 5.92 Å². The number of ether oxygens (including phenoxy) is 2. The minimum atomic E-state index is 0.754. The minimum absolute atomic E-state index is 0.754. The van der Waals surface area contributed by atoms with Crippen LogP contribution in [0.25, 0.3) is 0 Å². The van der Waals surface area contributed by atoms with Gasteiger partial charge in [0, 0.05) is 30.8 Å². The molecular formula is C16H24N2O2. The highest BCUT2D eigenvalue weighted by molar-refractivity contribution is 5.40. The summed E-state index contributed by atoms with van der Waals surface area (Å²) < 4.78 is 10.8. The minimum Gasteiger partial charge on any atom is -0.497 e. The zero-order chi connectivity index (χ0) is 13.9. The van der Waals surface area contributed by atoms with E-state index in [1.165, 1.54) is 38.0 Å². The molecule has 2 aliphatic rings. The van der Waals surface area contributed by atoms with Crippen LogP contribution in [-0.4, -0.2) is 44.8 Å². The Balaban J connectivity index is 1.68. The number of hydrogen-bond donors (Lipinski definition) is 1. The van der Waals surface area contributed by atoms with Crippen LogP contribution in [-0.2, 0) is 6.54 Å². The smallest absolute Gasteiger partial charge is 0.127 e. The largest absolute Gasteiger partial charge is 0.497 e. The Hall–Kier alpha value is -1.26. The number of likely N-dealkylation sites (tertiary alicyclic amines) is 1. The van der Waals surface area contributed by atoms with Crippen molar-refractivity contribution in [2.45, 2.75) is 25.4 Å². The van der Waals surface area contributed by atoms with E-state index in [1.54, 1.807) is 14.2 Å². The molecule has 0 bridgehead atoms. The predicted molar refractivity (Wildman–Crippen MR) is 79.3 cm³/mol. The van der Waals surface area contributed by atoms with Crippen LogP contribution in [0.1, 0.15) is 18.4 Å². The number of methoxy groups -OCH3 is 2. The van der Waals surface area contributed by atoms with E-state index in [0.717, 1.165) is 30.0 Å². The number of benzene rings is 1. The zero-order valence-corrected chi connectivity index (χ0v) is 12.4. The molecule has 0 radical (unpaired) electrons. The van der Waals surface area contributed by atoms with Gasteiger partial charge in [0.1, 0.15) is 11.5 Å². The molecule has 0 saturated carbocycles. The van der Waals surface area contributed by atoms with E-state index < -0.39 is 0 Å². The normalized spacial score (nSPS) is 26.3. The molecule has 20 heavy (non-hydrogen) atoms. The molecule has 4 heteroatoms. The number of nitrogens with one attached hydrogen (secondary N) is 1. The monoisotopic (exact) mass is 276 g/mol. The summed E-state index contributed by atoms with van der Waals surface area (Å²) >= 11 is 0. The molecule has 2 heterocycles. The van der Waals surface area contributed by atoms with Crippen LogP contribution in [0.15, 0.2) is 18.2 Å². The zero-order valence-electron chi connectivity index (χ0n) is 12.4. The Kier molecular flexibility index (Phi) is 4.13. The van der Waals surface area contributed by atoms with Crippen molar-refractivity contribution in [1.29, 1.82) is 0 Å². The van der Waals surface area contributed by atoms with Gasteiger partial charge in [0.15, 0.2) is 0 Å². The van der Waals surface area contributed by atoms with Crippen molar-refractivity contribution in [2.75, 3.05) is 33.9 Å². The Labute approximate surface area is 121 Å². The van der Waals surface area contributed by atoms with E-state index in [-0.39, 0.29) is 0 Å². The number of fused-ring (bicyclic) bond motifs is 1. The molecule has 3 rings (SSSR count). The van der Waals surface area contributed by atoms with Crippen LogP contribution < -0.4 is 14.8 Å². The van der Waals surface area contributed by atoms with E-state index in [4.69, 9.17) is 9.47 Å². The average molecular weight is 276 g/mol. The summed E-state index contributed by atoms with van der Waals surface area (Å²) in [5.74, 6) is 2.60. The predicted octanol–water partition coefficient (Wildman–Crippen LogP) is 1.89. The first-order chi connectivity index (χ1) is 9.80. The molecule has 2 aliphatic heterocycles. The highest BCUT2D eigenvalue weighted by atomic mass is 16.5. The van der Waals surface area contributed by atoms with Crippen LogP contribution in [0.3, 0.4) is 0 Å². The van der Waals surface area contributed by atoms with Crippen molar-refractivity contribution >= 4 is 0 Å². The van der Waals surface area contributed by atoms with Crippen molar-refractivity contribution in [1.82, 2.24) is 10.2 Å². The molecule has 0 spiro atoms. The maximum atomic E-state index is 5.50. The number of hydrogen-bond acceptors (Lipinski definition) is 4. The Morgan fingerprint density at radius 1 is 1.25 bits per heavy atom. The van der Waals surface area contributed by atoms with Gasteiger partial charge in [-0.25, -0.2) is 0 Å². The summed E-state index contributed by atoms with van der Waals surface area (Å²) in [5.41, 5.74) is 1.25. The Bertz CT molecular complexity index is 464. The molecule has 1 N–H and O–H groups in total. The Morgan fingerprint density at radius 2 is 2.15 bits per heavy atom. The van der Waals surface area contributed by atoms with E-state index in [9.17, 15) is 0 Å². The SMILES string of the molecule is COc1ccc(CN2CCC3NCCC3C2)c(OC)c1. The third-order valence-electron chi connectivity index (χ3n) is 4.63. The van der Waals surface area contributed by atoms with Crippen LogP contribution in [0.4, 0.5) is 0 Å². The quantitative estimate of drug-likeness (QED) is 0.910. The highest BCUT2D eigenvalue weighted by Crippen LogP contribution is 2.29. The second kappa shape index (κ2) is 6.02. The lowest BCUT2D eigenvalue weighted by molar-refractivity contribution is 0.154. The van der Waals surface area contributed by atoms with E-state index in [2.05, 4.69) is 16.3 Å². The maximum absolute atomic E-state index is 5.50. The molecule has 2 saturated heterocycles. The van der Waals surface area contributed by atoms with Gasteiger partial charge in [-0.3, -0.25) is 4.90 Å². The molecule has 2 fully saturated rings. The fourth-order valence-corrected chi connectivity index (χ4v) is 3.49. The van der Waals surface area contributed by atoms with Crippen molar-refractivity contribution in [3.05, 3.63) is 23.8 Å². The first kappa shape index (κ1) is 13.7. The van der Waals surface area contributed by atoms with Crippen molar-refractivity contribution in [3.63, 3.8) is 0 Å². The van der Waals surface area contributed by atoms with E-state index >= 15 is 0 Å². The van der Waals surface area contributed by atoms with Gasteiger partial charge >= 0.3 is 0 Å². The fraction of sp³-hybridized carbons (Fsp3) is 0.625. The second-order valence-electron chi connectivity index (χ2n) is 5.81. The third-order valence-corrected chi connectivity index (χ3v) is 4.63. The number of nitrogens with zero attached hydrogens (tertiary/aromatic N) is 1. The van der Waals surface area contributed by atoms with E-state index in [1.807, 2.05) is 12.1 Å². The second-order valence-corrected chi connectivity index (χ2v) is 5.81. The molecule has 0 amide bonds. The standard InChI is InChI=1S/C16H24N2O2/c1-19-14-4-3-13(16(9-14)20-2)11-18-8-6-15-12(10-18)5-7-17-15/h3-4,9,12,15,17H,5-8,10-11H2,1-2H3. The topological polar surface area (TPSA) is 33.7 Å². The van der Waals surface area contributed by atoms with Gasteiger partial charge in [-0.05, 0) is 37.9 Å². The van der Waals surface area contributed by atoms with Crippen LogP contribution in [0.5, 0.6) is 11.5 Å². The summed E-state index contributed by atoms with van der Waals surface area (Å²) in [6.45, 7) is 4.53. The fourth-order valence-electron chi connectivity index (χ4n) is 3.49. The van der Waals surface area contributed by atoms with Gasteiger partial charge in [-0.15, -0.1) is 0 Å². The molecule has 1 aromatic carbocycles. The van der Waals surface area contributed by atoms with Gasteiger partial charge in [0.25, 0.3) is 0 Å². The molecule has 2 atom stereocenters. The molecule has 0 aliphatic carbocycles. The summed E-state index contributed by atoms with van der Waals surface area (Å²) in [7, 11) is 3.41. The summed E-state index contributed by atoms with van der Waals surface area (Å²) in [6, 6.07) is 6.86. The van der Waals surface area contributed by atoms with Crippen LogP contribution in [0, 0.1) is 5.92 Å². The van der Waals surface area contributed by atoms with Gasteiger partial charge in [0.2, 0.25) is 0 Å².